The molecule has 0 saturated heterocycles. The van der Waals surface area contributed by atoms with Gasteiger partial charge in [-0.15, -0.1) is 0 Å². The Kier molecular flexibility index (Phi) is 1.25. The van der Waals surface area contributed by atoms with Crippen LogP contribution >= 0.6 is 0 Å². The third-order valence-electron chi connectivity index (χ3n) is 1.67. The molecule has 0 aliphatic heterocycles. The highest BCUT2D eigenvalue weighted by molar-refractivity contribution is 5.86. The molecule has 2 rings (SSSR count). The van der Waals surface area contributed by atoms with E-state index in [4.69, 9.17) is 0 Å². The van der Waals surface area contributed by atoms with E-state index in [0.717, 1.165) is 10.9 Å². The molecule has 0 fully saturated rings. The molecule has 1 radical (unpaired) electrons. The number of rotatable bonds is 1. The Labute approximate surface area is 63.8 Å². The lowest BCUT2D eigenvalue weighted by molar-refractivity contribution is 0.563. The quantitative estimate of drug-likeness (QED) is 0.648. The van der Waals surface area contributed by atoms with Gasteiger partial charge in [0, 0.05) is 17.3 Å². The Bertz CT molecular complexity index is 389. The largest absolute Gasteiger partial charge is 0.361 e. The minimum absolute atomic E-state index is 0.583. The van der Waals surface area contributed by atoms with E-state index < -0.39 is 0 Å². The van der Waals surface area contributed by atoms with E-state index >= 15 is 0 Å². The van der Waals surface area contributed by atoms with E-state index in [1.165, 1.54) is 0 Å². The number of aromatic nitrogens is 1. The average Bonchev–Trinajstić information content (AvgIpc) is 2.50. The van der Waals surface area contributed by atoms with Gasteiger partial charge in [-0.3, -0.25) is 4.79 Å². The summed E-state index contributed by atoms with van der Waals surface area (Å²) in [4.78, 5) is 13.2. The van der Waals surface area contributed by atoms with Crippen molar-refractivity contribution in [3.63, 3.8) is 0 Å². The van der Waals surface area contributed by atoms with Crippen LogP contribution in [0.1, 0.15) is 5.56 Å². The highest BCUT2D eigenvalue weighted by atomic mass is 16.1. The van der Waals surface area contributed by atoms with E-state index in [-0.39, 0.29) is 0 Å². The second kappa shape index (κ2) is 2.23. The molecule has 0 amide bonds. The number of hydrogen-bond acceptors (Lipinski definition) is 1. The van der Waals surface area contributed by atoms with Crippen LogP contribution in [0.2, 0.25) is 0 Å². The Morgan fingerprint density at radius 3 is 3.00 bits per heavy atom. The second-order valence-corrected chi connectivity index (χ2v) is 2.38. The molecule has 0 spiro atoms. The number of aromatic amines is 1. The minimum atomic E-state index is 0.583. The standard InChI is InChI=1S/C9H6NO/c11-6-7-1-2-8-3-4-10-9(8)5-7/h1-5,10H. The van der Waals surface area contributed by atoms with Crippen molar-refractivity contribution in [2.24, 2.45) is 0 Å². The fourth-order valence-corrected chi connectivity index (χ4v) is 1.11. The number of hydrogen-bond donors (Lipinski definition) is 1. The van der Waals surface area contributed by atoms with Crippen molar-refractivity contribution in [3.05, 3.63) is 36.0 Å². The summed E-state index contributed by atoms with van der Waals surface area (Å²) in [5, 5.41) is 1.11. The van der Waals surface area contributed by atoms with Crippen molar-refractivity contribution in [2.45, 2.75) is 0 Å². The number of fused-ring (bicyclic) bond motifs is 1. The molecule has 11 heavy (non-hydrogen) atoms. The van der Waals surface area contributed by atoms with Gasteiger partial charge in [0.05, 0.1) is 0 Å². The van der Waals surface area contributed by atoms with Gasteiger partial charge >= 0.3 is 0 Å². The van der Waals surface area contributed by atoms with Gasteiger partial charge in [0.2, 0.25) is 6.29 Å². The van der Waals surface area contributed by atoms with Crippen LogP contribution < -0.4 is 0 Å². The van der Waals surface area contributed by atoms with E-state index in [9.17, 15) is 4.79 Å². The van der Waals surface area contributed by atoms with Gasteiger partial charge in [0.25, 0.3) is 0 Å². The lowest BCUT2D eigenvalue weighted by Crippen LogP contribution is -1.77. The first kappa shape index (κ1) is 6.16. The smallest absolute Gasteiger partial charge is 0.233 e. The van der Waals surface area contributed by atoms with Crippen LogP contribution in [0, 0.1) is 0 Å². The van der Waals surface area contributed by atoms with Crippen LogP contribution in [-0.4, -0.2) is 11.3 Å². The lowest BCUT2D eigenvalue weighted by atomic mass is 10.2. The zero-order chi connectivity index (χ0) is 7.68. The summed E-state index contributed by atoms with van der Waals surface area (Å²) < 4.78 is 0. The fourth-order valence-electron chi connectivity index (χ4n) is 1.11. The van der Waals surface area contributed by atoms with Gasteiger partial charge in [0.1, 0.15) is 0 Å². The average molecular weight is 144 g/mol. The molecule has 1 aromatic carbocycles. The lowest BCUT2D eigenvalue weighted by Gasteiger charge is -1.89. The first-order valence-corrected chi connectivity index (χ1v) is 3.35. The molecule has 0 aliphatic rings. The van der Waals surface area contributed by atoms with Crippen molar-refractivity contribution in [1.29, 1.82) is 0 Å². The van der Waals surface area contributed by atoms with Crippen LogP contribution in [0.3, 0.4) is 0 Å². The molecular weight excluding hydrogens is 138 g/mol. The Morgan fingerprint density at radius 2 is 2.18 bits per heavy atom. The third kappa shape index (κ3) is 0.923. The van der Waals surface area contributed by atoms with Crippen molar-refractivity contribution < 1.29 is 4.79 Å². The molecule has 0 bridgehead atoms. The zero-order valence-corrected chi connectivity index (χ0v) is 5.79. The molecule has 0 atom stereocenters. The van der Waals surface area contributed by atoms with Crippen molar-refractivity contribution in [2.75, 3.05) is 0 Å². The molecule has 0 aliphatic carbocycles. The zero-order valence-electron chi connectivity index (χ0n) is 5.79. The Morgan fingerprint density at radius 1 is 1.27 bits per heavy atom. The van der Waals surface area contributed by atoms with E-state index in [1.54, 1.807) is 12.1 Å². The molecule has 2 heteroatoms. The van der Waals surface area contributed by atoms with Gasteiger partial charge in [-0.2, -0.15) is 0 Å². The number of H-pyrrole nitrogens is 1. The van der Waals surface area contributed by atoms with Crippen LogP contribution in [0.25, 0.3) is 10.9 Å². The topological polar surface area (TPSA) is 32.9 Å². The minimum Gasteiger partial charge on any atom is -0.361 e. The molecule has 53 valence electrons. The third-order valence-corrected chi connectivity index (χ3v) is 1.67. The summed E-state index contributed by atoms with van der Waals surface area (Å²) in [6, 6.07) is 7.39. The Hall–Kier alpha value is -1.57. The SMILES string of the molecule is O=[C]c1ccc2cc[nH]c2c1. The van der Waals surface area contributed by atoms with Crippen LogP contribution in [0.5, 0.6) is 0 Å². The van der Waals surface area contributed by atoms with E-state index in [1.807, 2.05) is 24.6 Å². The molecule has 1 aromatic heterocycles. The maximum Gasteiger partial charge on any atom is 0.233 e. The normalized spacial score (nSPS) is 10.2. The molecule has 0 unspecified atom stereocenters. The van der Waals surface area contributed by atoms with E-state index in [0.29, 0.717) is 5.56 Å². The monoisotopic (exact) mass is 144 g/mol. The number of carbonyl (C=O) groups excluding carboxylic acids is 1. The van der Waals surface area contributed by atoms with Crippen LogP contribution in [0.15, 0.2) is 30.5 Å². The van der Waals surface area contributed by atoms with Crippen molar-refractivity contribution in [3.8, 4) is 0 Å². The second-order valence-electron chi connectivity index (χ2n) is 2.38. The maximum absolute atomic E-state index is 10.2. The molecule has 2 nitrogen and oxygen atoms in total. The first-order chi connectivity index (χ1) is 5.40. The van der Waals surface area contributed by atoms with Crippen LogP contribution in [0.4, 0.5) is 0 Å². The van der Waals surface area contributed by atoms with Gasteiger partial charge in [-0.05, 0) is 17.5 Å². The van der Waals surface area contributed by atoms with E-state index in [2.05, 4.69) is 4.98 Å². The maximum atomic E-state index is 10.2. The van der Waals surface area contributed by atoms with Gasteiger partial charge in [-0.25, -0.2) is 0 Å². The van der Waals surface area contributed by atoms with Gasteiger partial charge < -0.3 is 4.98 Å². The number of nitrogens with one attached hydrogen (secondary N) is 1. The highest BCUT2D eigenvalue weighted by Gasteiger charge is 1.94. The summed E-state index contributed by atoms with van der Waals surface area (Å²) in [5.41, 5.74) is 1.56. The summed E-state index contributed by atoms with van der Waals surface area (Å²) in [7, 11) is 0. The predicted octanol–water partition coefficient (Wildman–Crippen LogP) is 1.63. The van der Waals surface area contributed by atoms with Crippen molar-refractivity contribution in [1.82, 2.24) is 4.98 Å². The molecule has 1 N–H and O–H groups in total. The molecule has 0 saturated carbocycles. The fraction of sp³-hybridized carbons (Fsp3) is 0. The van der Waals surface area contributed by atoms with Gasteiger partial charge in [0.15, 0.2) is 0 Å². The predicted molar refractivity (Wildman–Crippen MR) is 43.1 cm³/mol. The molecule has 1 heterocycles. The van der Waals surface area contributed by atoms with Gasteiger partial charge in [-0.1, -0.05) is 12.1 Å². The molecular formula is C9H6NO. The highest BCUT2D eigenvalue weighted by Crippen LogP contribution is 2.12. The Balaban J connectivity index is 2.76. The summed E-state index contributed by atoms with van der Waals surface area (Å²) in [6.45, 7) is 0. The molecule has 2 aromatic rings. The van der Waals surface area contributed by atoms with Crippen LogP contribution in [-0.2, 0) is 4.79 Å². The summed E-state index contributed by atoms with van der Waals surface area (Å²) in [6.07, 6.45) is 3.69. The number of benzene rings is 1. The first-order valence-electron chi connectivity index (χ1n) is 3.35. The summed E-state index contributed by atoms with van der Waals surface area (Å²) in [5.74, 6) is 0. The summed E-state index contributed by atoms with van der Waals surface area (Å²) >= 11 is 0. The van der Waals surface area contributed by atoms with Crippen molar-refractivity contribution >= 4 is 17.2 Å².